The summed E-state index contributed by atoms with van der Waals surface area (Å²) in [6.45, 7) is 2.82. The molecule has 24 heavy (non-hydrogen) atoms. The van der Waals surface area contributed by atoms with Crippen molar-refractivity contribution in [3.63, 3.8) is 0 Å². The van der Waals surface area contributed by atoms with E-state index in [1.807, 2.05) is 6.07 Å². The Bertz CT molecular complexity index is 423. The molecule has 3 heteroatoms. The summed E-state index contributed by atoms with van der Waals surface area (Å²) in [7, 11) is 0. The molecule has 1 heterocycles. The minimum Gasteiger partial charge on any atom is -0.472 e. The number of hydrogen-bond acceptors (Lipinski definition) is 2. The largest absolute Gasteiger partial charge is 0.472 e. The second-order valence-corrected chi connectivity index (χ2v) is 6.54. The molecule has 0 aliphatic heterocycles. The first-order chi connectivity index (χ1) is 11.8. The average Bonchev–Trinajstić information content (AvgIpc) is 3.10. The lowest BCUT2D eigenvalue weighted by atomic mass is 10.1. The summed E-state index contributed by atoms with van der Waals surface area (Å²) < 4.78 is 4.97. The maximum Gasteiger partial charge on any atom is 0.220 e. The van der Waals surface area contributed by atoms with Crippen LogP contribution in [0.15, 0.2) is 35.2 Å². The summed E-state index contributed by atoms with van der Waals surface area (Å²) in [5.74, 6) is 0.141. The van der Waals surface area contributed by atoms with Crippen LogP contribution >= 0.6 is 0 Å². The summed E-state index contributed by atoms with van der Waals surface area (Å²) in [5, 5.41) is 2.92. The fraction of sp³-hybridized carbons (Fsp3) is 0.667. The molecule has 1 N–H and O–H groups in total. The standard InChI is InChI=1S/C21H35NO2/c1-2-3-4-5-6-7-8-9-10-11-12-13-14-15-21(23)22-18-20-16-17-24-19-20/h7-8,16-17,19H,2-6,9-15,18H2,1H3,(H,22,23)/b8-7-. The fourth-order valence-electron chi connectivity index (χ4n) is 2.69. The van der Waals surface area contributed by atoms with Crippen molar-refractivity contribution < 1.29 is 9.21 Å². The molecule has 1 aromatic rings. The van der Waals surface area contributed by atoms with Crippen LogP contribution in [0.3, 0.4) is 0 Å². The topological polar surface area (TPSA) is 42.2 Å². The van der Waals surface area contributed by atoms with Gasteiger partial charge >= 0.3 is 0 Å². The molecule has 0 aliphatic carbocycles. The highest BCUT2D eigenvalue weighted by Crippen LogP contribution is 2.09. The third-order valence-corrected chi connectivity index (χ3v) is 4.24. The maximum atomic E-state index is 11.7. The second-order valence-electron chi connectivity index (χ2n) is 6.54. The zero-order valence-corrected chi connectivity index (χ0v) is 15.4. The second kappa shape index (κ2) is 15.0. The van der Waals surface area contributed by atoms with Crippen LogP contribution in [0.1, 0.15) is 89.5 Å². The third-order valence-electron chi connectivity index (χ3n) is 4.24. The van der Waals surface area contributed by atoms with Crippen molar-refractivity contribution in [2.75, 3.05) is 0 Å². The summed E-state index contributed by atoms with van der Waals surface area (Å²) in [6.07, 6.45) is 22.4. The summed E-state index contributed by atoms with van der Waals surface area (Å²) in [4.78, 5) is 11.7. The molecular formula is C21H35NO2. The molecule has 0 bridgehead atoms. The Hall–Kier alpha value is -1.51. The first kappa shape index (κ1) is 20.5. The molecular weight excluding hydrogens is 298 g/mol. The molecule has 3 nitrogen and oxygen atoms in total. The Morgan fingerprint density at radius 3 is 2.33 bits per heavy atom. The Kier molecular flexibility index (Phi) is 12.9. The number of carbonyl (C=O) groups excluding carboxylic acids is 1. The number of amides is 1. The van der Waals surface area contributed by atoms with E-state index in [0.29, 0.717) is 13.0 Å². The summed E-state index contributed by atoms with van der Waals surface area (Å²) in [6, 6.07) is 1.87. The fourth-order valence-corrected chi connectivity index (χ4v) is 2.69. The number of unbranched alkanes of at least 4 members (excludes halogenated alkanes) is 9. The molecule has 0 radical (unpaired) electrons. The van der Waals surface area contributed by atoms with E-state index in [1.54, 1.807) is 12.5 Å². The van der Waals surface area contributed by atoms with Gasteiger partial charge in [-0.05, 0) is 38.2 Å². The van der Waals surface area contributed by atoms with Gasteiger partial charge in [0.25, 0.3) is 0 Å². The maximum absolute atomic E-state index is 11.7. The van der Waals surface area contributed by atoms with E-state index < -0.39 is 0 Å². The summed E-state index contributed by atoms with van der Waals surface area (Å²) in [5.41, 5.74) is 1.02. The molecule has 136 valence electrons. The minimum atomic E-state index is 0.141. The normalized spacial score (nSPS) is 11.2. The smallest absolute Gasteiger partial charge is 0.220 e. The lowest BCUT2D eigenvalue weighted by Crippen LogP contribution is -2.21. The third kappa shape index (κ3) is 12.0. The van der Waals surface area contributed by atoms with Crippen molar-refractivity contribution in [2.24, 2.45) is 0 Å². The van der Waals surface area contributed by atoms with Gasteiger partial charge in [0.1, 0.15) is 0 Å². The van der Waals surface area contributed by atoms with Crippen LogP contribution in [-0.2, 0) is 11.3 Å². The van der Waals surface area contributed by atoms with Gasteiger partial charge in [0.05, 0.1) is 12.5 Å². The Balaban J connectivity index is 1.81. The molecule has 0 fully saturated rings. The zero-order valence-electron chi connectivity index (χ0n) is 15.4. The Labute approximate surface area is 147 Å². The van der Waals surface area contributed by atoms with E-state index in [-0.39, 0.29) is 5.91 Å². The van der Waals surface area contributed by atoms with Gasteiger partial charge in [0.15, 0.2) is 0 Å². The quantitative estimate of drug-likeness (QED) is 0.309. The van der Waals surface area contributed by atoms with Crippen LogP contribution in [0.25, 0.3) is 0 Å². The average molecular weight is 334 g/mol. The van der Waals surface area contributed by atoms with Crippen molar-refractivity contribution in [3.8, 4) is 0 Å². The molecule has 1 rings (SSSR count). The van der Waals surface area contributed by atoms with E-state index in [9.17, 15) is 4.79 Å². The van der Waals surface area contributed by atoms with E-state index in [0.717, 1.165) is 18.4 Å². The van der Waals surface area contributed by atoms with Crippen LogP contribution in [0, 0.1) is 0 Å². The zero-order chi connectivity index (χ0) is 17.3. The van der Waals surface area contributed by atoms with Crippen LogP contribution in [-0.4, -0.2) is 5.91 Å². The van der Waals surface area contributed by atoms with E-state index in [2.05, 4.69) is 24.4 Å². The van der Waals surface area contributed by atoms with Gasteiger partial charge in [0, 0.05) is 18.5 Å². The Morgan fingerprint density at radius 2 is 1.67 bits per heavy atom. The van der Waals surface area contributed by atoms with E-state index in [1.165, 1.54) is 57.8 Å². The number of nitrogens with one attached hydrogen (secondary N) is 1. The first-order valence-corrected chi connectivity index (χ1v) is 9.75. The van der Waals surface area contributed by atoms with Crippen molar-refractivity contribution in [3.05, 3.63) is 36.3 Å². The lowest BCUT2D eigenvalue weighted by Gasteiger charge is -2.03. The lowest BCUT2D eigenvalue weighted by molar-refractivity contribution is -0.121. The number of carbonyl (C=O) groups is 1. The van der Waals surface area contributed by atoms with Crippen LogP contribution in [0.5, 0.6) is 0 Å². The van der Waals surface area contributed by atoms with Crippen LogP contribution in [0.2, 0.25) is 0 Å². The Morgan fingerprint density at radius 1 is 1.00 bits per heavy atom. The molecule has 0 saturated heterocycles. The van der Waals surface area contributed by atoms with E-state index in [4.69, 9.17) is 4.42 Å². The van der Waals surface area contributed by atoms with Gasteiger partial charge in [-0.2, -0.15) is 0 Å². The van der Waals surface area contributed by atoms with Crippen molar-refractivity contribution in [1.29, 1.82) is 0 Å². The van der Waals surface area contributed by atoms with Gasteiger partial charge in [0.2, 0.25) is 5.91 Å². The monoisotopic (exact) mass is 333 g/mol. The van der Waals surface area contributed by atoms with Gasteiger partial charge < -0.3 is 9.73 Å². The van der Waals surface area contributed by atoms with Gasteiger partial charge in [-0.3, -0.25) is 4.79 Å². The minimum absolute atomic E-state index is 0.141. The van der Waals surface area contributed by atoms with Crippen molar-refractivity contribution in [1.82, 2.24) is 5.32 Å². The SMILES string of the molecule is CCCCCC/C=C\CCCCCCCC(=O)NCc1ccoc1. The molecule has 0 spiro atoms. The molecule has 1 amide bonds. The molecule has 0 saturated carbocycles. The number of allylic oxidation sites excluding steroid dienone is 2. The van der Waals surface area contributed by atoms with Crippen molar-refractivity contribution in [2.45, 2.75) is 90.5 Å². The predicted octanol–water partition coefficient (Wildman–Crippen LogP) is 6.15. The molecule has 0 atom stereocenters. The highest BCUT2D eigenvalue weighted by molar-refractivity contribution is 5.75. The van der Waals surface area contributed by atoms with Crippen LogP contribution in [0.4, 0.5) is 0 Å². The van der Waals surface area contributed by atoms with Crippen LogP contribution < -0.4 is 5.32 Å². The summed E-state index contributed by atoms with van der Waals surface area (Å²) >= 11 is 0. The number of furan rings is 1. The molecule has 0 aliphatic rings. The highest BCUT2D eigenvalue weighted by Gasteiger charge is 2.01. The van der Waals surface area contributed by atoms with Gasteiger partial charge in [-0.1, -0.05) is 57.6 Å². The van der Waals surface area contributed by atoms with E-state index >= 15 is 0 Å². The number of rotatable bonds is 15. The first-order valence-electron chi connectivity index (χ1n) is 9.75. The highest BCUT2D eigenvalue weighted by atomic mass is 16.3. The molecule has 0 unspecified atom stereocenters. The predicted molar refractivity (Wildman–Crippen MR) is 101 cm³/mol. The molecule has 1 aromatic heterocycles. The molecule has 0 aromatic carbocycles. The number of hydrogen-bond donors (Lipinski definition) is 1. The van der Waals surface area contributed by atoms with Gasteiger partial charge in [-0.15, -0.1) is 0 Å². The van der Waals surface area contributed by atoms with Gasteiger partial charge in [-0.25, -0.2) is 0 Å². The van der Waals surface area contributed by atoms with Crippen molar-refractivity contribution >= 4 is 5.91 Å².